The molecule has 0 radical (unpaired) electrons. The summed E-state index contributed by atoms with van der Waals surface area (Å²) in [4.78, 5) is 38.0. The Bertz CT molecular complexity index is 1540. The average molecular weight is 1100 g/mol. The van der Waals surface area contributed by atoms with Crippen molar-refractivity contribution < 1.29 is 28.6 Å². The van der Waals surface area contributed by atoms with Crippen molar-refractivity contribution in [3.05, 3.63) is 97.2 Å². The Kier molecular flexibility index (Phi) is 63.7. The fourth-order valence-corrected chi connectivity index (χ4v) is 9.54. The molecule has 0 amide bonds. The predicted octanol–water partition coefficient (Wildman–Crippen LogP) is 23.2. The van der Waals surface area contributed by atoms with E-state index in [0.29, 0.717) is 19.3 Å². The van der Waals surface area contributed by atoms with Gasteiger partial charge in [-0.25, -0.2) is 0 Å². The van der Waals surface area contributed by atoms with Gasteiger partial charge in [-0.1, -0.05) is 304 Å². The molecule has 6 nitrogen and oxygen atoms in total. The zero-order valence-electron chi connectivity index (χ0n) is 52.1. The minimum Gasteiger partial charge on any atom is -0.462 e. The number of carbonyl (C=O) groups excluding carboxylic acids is 3. The zero-order valence-corrected chi connectivity index (χ0v) is 52.1. The normalized spacial score (nSPS) is 12.7. The van der Waals surface area contributed by atoms with Crippen molar-refractivity contribution in [2.75, 3.05) is 13.2 Å². The maximum Gasteiger partial charge on any atom is 0.306 e. The smallest absolute Gasteiger partial charge is 0.306 e. The SMILES string of the molecule is CC/C=C\C/C=C\C/C=C\C/C=C\C/C=C\CCCCCCCCCCCCCCCCCC(=O)OCC(COC(=O)CCCCCCC)OC(=O)CCCCCCCCCCCC/C=C\C/C=C\C/C=C\CCCCCCC. The molecule has 0 aliphatic carbocycles. The number of carbonyl (C=O) groups is 3. The average Bonchev–Trinajstić information content (AvgIpc) is 3.45. The molecular weight excluding hydrogens is 973 g/mol. The molecule has 0 heterocycles. The highest BCUT2D eigenvalue weighted by Crippen LogP contribution is 2.17. The lowest BCUT2D eigenvalue weighted by molar-refractivity contribution is -0.167. The molecule has 0 bridgehead atoms. The van der Waals surface area contributed by atoms with E-state index in [9.17, 15) is 14.4 Å². The molecule has 1 unspecified atom stereocenters. The van der Waals surface area contributed by atoms with Crippen LogP contribution in [0.4, 0.5) is 0 Å². The molecule has 0 aliphatic heterocycles. The second-order valence-corrected chi connectivity index (χ2v) is 22.4. The Balaban J connectivity index is 4.00. The van der Waals surface area contributed by atoms with E-state index in [4.69, 9.17) is 14.2 Å². The van der Waals surface area contributed by atoms with Crippen LogP contribution in [-0.4, -0.2) is 37.2 Å². The van der Waals surface area contributed by atoms with Crippen LogP contribution in [0.3, 0.4) is 0 Å². The number of hydrogen-bond acceptors (Lipinski definition) is 6. The largest absolute Gasteiger partial charge is 0.462 e. The summed E-state index contributed by atoms with van der Waals surface area (Å²) in [6.07, 6.45) is 90.5. The number of ether oxygens (including phenoxy) is 3. The van der Waals surface area contributed by atoms with Crippen molar-refractivity contribution in [2.45, 2.75) is 335 Å². The third-order valence-corrected chi connectivity index (χ3v) is 14.6. The molecule has 0 rings (SSSR count). The first-order chi connectivity index (χ1) is 39.0. The van der Waals surface area contributed by atoms with Crippen molar-refractivity contribution in [2.24, 2.45) is 0 Å². The van der Waals surface area contributed by atoms with Gasteiger partial charge in [-0.15, -0.1) is 0 Å². The quantitative estimate of drug-likeness (QED) is 0.0261. The Morgan fingerprint density at radius 2 is 0.494 bits per heavy atom. The van der Waals surface area contributed by atoms with Gasteiger partial charge in [-0.3, -0.25) is 14.4 Å². The predicted molar refractivity (Wildman–Crippen MR) is 344 cm³/mol. The number of unbranched alkanes of at least 4 members (excludes halogenated alkanes) is 34. The maximum absolute atomic E-state index is 12.8. The van der Waals surface area contributed by atoms with Crippen molar-refractivity contribution in [1.82, 2.24) is 0 Å². The molecule has 454 valence electrons. The first-order valence-corrected chi connectivity index (χ1v) is 33.7. The Labute approximate surface area is 489 Å². The van der Waals surface area contributed by atoms with E-state index in [2.05, 4.69) is 118 Å². The standard InChI is InChI=1S/C73H126O6/c1-4-7-10-13-15-17-19-21-23-25-27-29-31-33-34-35-36-37-38-40-41-43-45-47-49-51-53-55-57-60-63-66-72(75)78-69-70(68-77-71(74)65-62-59-12-9-6-3)79-73(76)67-64-61-58-56-54-52-50-48-46-44-42-39-32-30-28-26-24-22-20-18-16-14-11-8-5-2/h7,10,15,17,20-23,26-29,32-34,39,70H,4-6,8-9,11-14,16,18-19,24-25,30-31,35-38,40-69H2,1-3H3/b10-7-,17-15-,22-20-,23-21-,28-26-,29-27-,34-33-,39-32-. The van der Waals surface area contributed by atoms with E-state index < -0.39 is 6.10 Å². The van der Waals surface area contributed by atoms with E-state index in [1.54, 1.807) is 0 Å². The Morgan fingerprint density at radius 1 is 0.266 bits per heavy atom. The summed E-state index contributed by atoms with van der Waals surface area (Å²) in [5.74, 6) is -0.884. The van der Waals surface area contributed by atoms with Gasteiger partial charge >= 0.3 is 17.9 Å². The van der Waals surface area contributed by atoms with Gasteiger partial charge in [-0.2, -0.15) is 0 Å². The monoisotopic (exact) mass is 1100 g/mol. The molecule has 0 aromatic carbocycles. The highest BCUT2D eigenvalue weighted by molar-refractivity contribution is 5.71. The van der Waals surface area contributed by atoms with Crippen LogP contribution in [0.1, 0.15) is 329 Å². The van der Waals surface area contributed by atoms with E-state index in [1.807, 2.05) is 0 Å². The van der Waals surface area contributed by atoms with Gasteiger partial charge in [0.2, 0.25) is 0 Å². The number of esters is 3. The molecule has 0 N–H and O–H groups in total. The van der Waals surface area contributed by atoms with Crippen molar-refractivity contribution in [1.29, 1.82) is 0 Å². The van der Waals surface area contributed by atoms with Crippen LogP contribution in [0.2, 0.25) is 0 Å². The first kappa shape index (κ1) is 75.3. The molecule has 79 heavy (non-hydrogen) atoms. The topological polar surface area (TPSA) is 78.9 Å². The first-order valence-electron chi connectivity index (χ1n) is 33.7. The van der Waals surface area contributed by atoms with Crippen LogP contribution in [0, 0.1) is 0 Å². The lowest BCUT2D eigenvalue weighted by atomic mass is 10.0. The van der Waals surface area contributed by atoms with Gasteiger partial charge < -0.3 is 14.2 Å². The van der Waals surface area contributed by atoms with Crippen LogP contribution in [0.25, 0.3) is 0 Å². The summed E-state index contributed by atoms with van der Waals surface area (Å²) >= 11 is 0. The van der Waals surface area contributed by atoms with Crippen LogP contribution in [-0.2, 0) is 28.6 Å². The summed E-state index contributed by atoms with van der Waals surface area (Å²) in [5, 5.41) is 0. The van der Waals surface area contributed by atoms with E-state index in [1.165, 1.54) is 180 Å². The van der Waals surface area contributed by atoms with Crippen molar-refractivity contribution in [3.63, 3.8) is 0 Å². The third-order valence-electron chi connectivity index (χ3n) is 14.6. The van der Waals surface area contributed by atoms with Crippen LogP contribution in [0.5, 0.6) is 0 Å². The fraction of sp³-hybridized carbons (Fsp3) is 0.740. The molecule has 0 saturated heterocycles. The fourth-order valence-electron chi connectivity index (χ4n) is 9.54. The summed E-state index contributed by atoms with van der Waals surface area (Å²) < 4.78 is 16.8. The number of hydrogen-bond donors (Lipinski definition) is 0. The third kappa shape index (κ3) is 65.0. The van der Waals surface area contributed by atoms with Gasteiger partial charge in [0.25, 0.3) is 0 Å². The van der Waals surface area contributed by atoms with Crippen molar-refractivity contribution in [3.8, 4) is 0 Å². The molecule has 0 saturated carbocycles. The summed E-state index contributed by atoms with van der Waals surface area (Å²) in [6, 6.07) is 0. The summed E-state index contributed by atoms with van der Waals surface area (Å²) in [5.41, 5.74) is 0. The van der Waals surface area contributed by atoms with Crippen LogP contribution < -0.4 is 0 Å². The Morgan fingerprint density at radius 3 is 0.772 bits per heavy atom. The number of allylic oxidation sites excluding steroid dienone is 16. The van der Waals surface area contributed by atoms with Gasteiger partial charge in [-0.05, 0) is 103 Å². The van der Waals surface area contributed by atoms with E-state index >= 15 is 0 Å². The molecule has 0 fully saturated rings. The number of rotatable bonds is 61. The molecule has 0 aromatic heterocycles. The lowest BCUT2D eigenvalue weighted by Crippen LogP contribution is -2.30. The lowest BCUT2D eigenvalue weighted by Gasteiger charge is -2.18. The van der Waals surface area contributed by atoms with Gasteiger partial charge in [0, 0.05) is 19.3 Å². The maximum atomic E-state index is 12.8. The second-order valence-electron chi connectivity index (χ2n) is 22.4. The highest BCUT2D eigenvalue weighted by Gasteiger charge is 2.19. The van der Waals surface area contributed by atoms with E-state index in [0.717, 1.165) is 109 Å². The van der Waals surface area contributed by atoms with Gasteiger partial charge in [0.05, 0.1) is 0 Å². The summed E-state index contributed by atoms with van der Waals surface area (Å²) in [7, 11) is 0. The molecule has 0 spiro atoms. The zero-order chi connectivity index (χ0) is 57.1. The second kappa shape index (κ2) is 66.8. The van der Waals surface area contributed by atoms with Crippen molar-refractivity contribution >= 4 is 17.9 Å². The molecule has 6 heteroatoms. The summed E-state index contributed by atoms with van der Waals surface area (Å²) in [6.45, 7) is 6.46. The highest BCUT2D eigenvalue weighted by atomic mass is 16.6. The van der Waals surface area contributed by atoms with Gasteiger partial charge in [0.15, 0.2) is 6.10 Å². The minimum absolute atomic E-state index is 0.0767. The van der Waals surface area contributed by atoms with Crippen LogP contribution in [0.15, 0.2) is 97.2 Å². The Hall–Kier alpha value is -3.67. The van der Waals surface area contributed by atoms with E-state index in [-0.39, 0.29) is 31.1 Å². The molecular formula is C73H126O6. The van der Waals surface area contributed by atoms with Crippen LogP contribution >= 0.6 is 0 Å². The molecule has 1 atom stereocenters. The molecule has 0 aromatic rings. The molecule has 0 aliphatic rings. The minimum atomic E-state index is -0.776. The van der Waals surface area contributed by atoms with Gasteiger partial charge in [0.1, 0.15) is 13.2 Å².